The second-order valence-electron chi connectivity index (χ2n) is 6.46. The monoisotopic (exact) mass is 398 g/mol. The highest BCUT2D eigenvalue weighted by molar-refractivity contribution is 5.83. The molecule has 1 aromatic carbocycles. The Bertz CT molecular complexity index is 1380. The van der Waals surface area contributed by atoms with E-state index in [1.807, 2.05) is 34.9 Å². The van der Waals surface area contributed by atoms with E-state index in [4.69, 9.17) is 8.83 Å². The molecule has 0 radical (unpaired) electrons. The van der Waals surface area contributed by atoms with E-state index in [-0.39, 0.29) is 5.69 Å². The highest BCUT2D eigenvalue weighted by Crippen LogP contribution is 2.31. The number of pyridine rings is 1. The number of non-ortho nitro benzene ring substituents is 1. The van der Waals surface area contributed by atoms with E-state index < -0.39 is 4.92 Å². The number of benzene rings is 1. The zero-order valence-electron chi connectivity index (χ0n) is 15.5. The van der Waals surface area contributed by atoms with Crippen LogP contribution in [0, 0.1) is 10.1 Å². The predicted octanol–water partition coefficient (Wildman–Crippen LogP) is 5.51. The van der Waals surface area contributed by atoms with Crippen molar-refractivity contribution in [3.05, 3.63) is 95.1 Å². The maximum atomic E-state index is 11.0. The number of nitro groups is 1. The standard InChI is InChI=1S/C22H14N4O4/c27-26(28)16-6-3-5-15(13-16)18-10-9-17(30-18)14-23-22-21(19-7-4-12-29-19)24-20-8-1-2-11-25(20)22/h1-14H. The van der Waals surface area contributed by atoms with Gasteiger partial charge >= 0.3 is 0 Å². The number of aromatic nitrogens is 2. The summed E-state index contributed by atoms with van der Waals surface area (Å²) < 4.78 is 13.2. The van der Waals surface area contributed by atoms with E-state index in [1.54, 1.807) is 42.8 Å². The number of nitro benzene ring substituents is 1. The lowest BCUT2D eigenvalue weighted by molar-refractivity contribution is -0.384. The largest absolute Gasteiger partial charge is 0.463 e. The number of furan rings is 2. The molecule has 0 bridgehead atoms. The number of fused-ring (bicyclic) bond motifs is 1. The van der Waals surface area contributed by atoms with Gasteiger partial charge in [-0.05, 0) is 36.4 Å². The summed E-state index contributed by atoms with van der Waals surface area (Å²) in [5, 5.41) is 11.0. The van der Waals surface area contributed by atoms with Crippen LogP contribution < -0.4 is 0 Å². The summed E-state index contributed by atoms with van der Waals surface area (Å²) in [4.78, 5) is 19.8. The number of hydrogen-bond acceptors (Lipinski definition) is 6. The summed E-state index contributed by atoms with van der Waals surface area (Å²) in [5.74, 6) is 2.24. The molecule has 0 fully saturated rings. The Morgan fingerprint density at radius 3 is 2.80 bits per heavy atom. The Hall–Kier alpha value is -4.46. The molecule has 0 unspecified atom stereocenters. The van der Waals surface area contributed by atoms with Gasteiger partial charge in [-0.3, -0.25) is 14.5 Å². The average molecular weight is 398 g/mol. The summed E-state index contributed by atoms with van der Waals surface area (Å²) >= 11 is 0. The van der Waals surface area contributed by atoms with E-state index in [9.17, 15) is 10.1 Å². The van der Waals surface area contributed by atoms with Gasteiger partial charge in [-0.2, -0.15) is 0 Å². The molecule has 5 aromatic rings. The molecule has 0 aliphatic carbocycles. The molecule has 0 atom stereocenters. The van der Waals surface area contributed by atoms with Crippen molar-refractivity contribution in [2.45, 2.75) is 0 Å². The first-order chi connectivity index (χ1) is 14.7. The Labute approximate surface area is 169 Å². The molecule has 8 nitrogen and oxygen atoms in total. The van der Waals surface area contributed by atoms with E-state index in [1.165, 1.54) is 12.1 Å². The van der Waals surface area contributed by atoms with Gasteiger partial charge in [0, 0.05) is 23.9 Å². The Kier molecular flexibility index (Phi) is 4.21. The SMILES string of the molecule is O=[N+]([O-])c1cccc(-c2ccc(C=Nc3c(-c4ccco4)nc4ccccn34)o2)c1. The van der Waals surface area contributed by atoms with Crippen LogP contribution in [-0.2, 0) is 0 Å². The Morgan fingerprint density at radius 1 is 1.03 bits per heavy atom. The summed E-state index contributed by atoms with van der Waals surface area (Å²) in [6.45, 7) is 0. The van der Waals surface area contributed by atoms with Crippen LogP contribution in [0.3, 0.4) is 0 Å². The fourth-order valence-corrected chi connectivity index (χ4v) is 3.16. The minimum Gasteiger partial charge on any atom is -0.463 e. The first kappa shape index (κ1) is 17.6. The van der Waals surface area contributed by atoms with Crippen molar-refractivity contribution in [2.24, 2.45) is 4.99 Å². The van der Waals surface area contributed by atoms with Crippen molar-refractivity contribution in [1.29, 1.82) is 0 Å². The molecule has 8 heteroatoms. The van der Waals surface area contributed by atoms with Crippen LogP contribution in [0.1, 0.15) is 5.76 Å². The van der Waals surface area contributed by atoms with Gasteiger partial charge < -0.3 is 8.83 Å². The zero-order valence-corrected chi connectivity index (χ0v) is 15.5. The number of nitrogens with zero attached hydrogens (tertiary/aromatic N) is 4. The van der Waals surface area contributed by atoms with E-state index in [0.29, 0.717) is 34.4 Å². The molecule has 0 aliphatic heterocycles. The fourth-order valence-electron chi connectivity index (χ4n) is 3.16. The highest BCUT2D eigenvalue weighted by atomic mass is 16.6. The van der Waals surface area contributed by atoms with Crippen LogP contribution in [0.15, 0.2) is 93.0 Å². The molecule has 5 rings (SSSR count). The van der Waals surface area contributed by atoms with Crippen molar-refractivity contribution < 1.29 is 13.8 Å². The van der Waals surface area contributed by atoms with E-state index in [0.717, 1.165) is 5.65 Å². The van der Waals surface area contributed by atoms with E-state index >= 15 is 0 Å². The minimum absolute atomic E-state index is 0.00735. The van der Waals surface area contributed by atoms with Gasteiger partial charge in [-0.25, -0.2) is 9.98 Å². The van der Waals surface area contributed by atoms with Crippen molar-refractivity contribution in [3.8, 4) is 22.8 Å². The fraction of sp³-hybridized carbons (Fsp3) is 0. The molecular weight excluding hydrogens is 384 g/mol. The third-order valence-electron chi connectivity index (χ3n) is 4.54. The number of imidazole rings is 1. The van der Waals surface area contributed by atoms with Crippen molar-refractivity contribution >= 4 is 23.4 Å². The molecule has 0 saturated heterocycles. The molecule has 0 aliphatic rings. The van der Waals surface area contributed by atoms with Crippen LogP contribution >= 0.6 is 0 Å². The van der Waals surface area contributed by atoms with Crippen LogP contribution in [0.5, 0.6) is 0 Å². The third-order valence-corrected chi connectivity index (χ3v) is 4.54. The lowest BCUT2D eigenvalue weighted by atomic mass is 10.1. The zero-order chi connectivity index (χ0) is 20.5. The van der Waals surface area contributed by atoms with Crippen molar-refractivity contribution in [2.75, 3.05) is 0 Å². The Morgan fingerprint density at radius 2 is 1.97 bits per heavy atom. The quantitative estimate of drug-likeness (QED) is 0.221. The minimum atomic E-state index is -0.435. The van der Waals surface area contributed by atoms with Crippen LogP contribution in [0.4, 0.5) is 11.5 Å². The van der Waals surface area contributed by atoms with Gasteiger partial charge in [0.1, 0.15) is 17.2 Å². The number of rotatable bonds is 5. The van der Waals surface area contributed by atoms with Crippen molar-refractivity contribution in [1.82, 2.24) is 9.38 Å². The van der Waals surface area contributed by atoms with Crippen LogP contribution in [-0.4, -0.2) is 20.5 Å². The van der Waals surface area contributed by atoms with Crippen LogP contribution in [0.25, 0.3) is 28.4 Å². The third kappa shape index (κ3) is 3.16. The molecule has 146 valence electrons. The number of hydrogen-bond donors (Lipinski definition) is 0. The van der Waals surface area contributed by atoms with E-state index in [2.05, 4.69) is 9.98 Å². The maximum Gasteiger partial charge on any atom is 0.270 e. The molecule has 4 aromatic heterocycles. The molecule has 0 saturated carbocycles. The lowest BCUT2D eigenvalue weighted by Gasteiger charge is -1.98. The highest BCUT2D eigenvalue weighted by Gasteiger charge is 2.15. The topological polar surface area (TPSA) is 99.1 Å². The second kappa shape index (κ2) is 7.17. The smallest absolute Gasteiger partial charge is 0.270 e. The molecule has 0 amide bonds. The molecule has 0 spiro atoms. The van der Waals surface area contributed by atoms with Gasteiger partial charge in [0.25, 0.3) is 5.69 Å². The van der Waals surface area contributed by atoms with Gasteiger partial charge in [0.2, 0.25) is 0 Å². The second-order valence-corrected chi connectivity index (χ2v) is 6.46. The maximum absolute atomic E-state index is 11.0. The molecule has 4 heterocycles. The van der Waals surface area contributed by atoms with Gasteiger partial charge in [-0.15, -0.1) is 0 Å². The lowest BCUT2D eigenvalue weighted by Crippen LogP contribution is -1.87. The van der Waals surface area contributed by atoms with Crippen LogP contribution in [0.2, 0.25) is 0 Å². The summed E-state index contributed by atoms with van der Waals surface area (Å²) in [5.41, 5.74) is 1.99. The summed E-state index contributed by atoms with van der Waals surface area (Å²) in [6.07, 6.45) is 5.05. The summed E-state index contributed by atoms with van der Waals surface area (Å²) in [6, 6.07) is 19.1. The average Bonchev–Trinajstić information content (AvgIpc) is 3.51. The normalized spacial score (nSPS) is 11.5. The summed E-state index contributed by atoms with van der Waals surface area (Å²) in [7, 11) is 0. The van der Waals surface area contributed by atoms with Gasteiger partial charge in [-0.1, -0.05) is 18.2 Å². The predicted molar refractivity (Wildman–Crippen MR) is 111 cm³/mol. The molecule has 0 N–H and O–H groups in total. The first-order valence-electron chi connectivity index (χ1n) is 9.09. The van der Waals surface area contributed by atoms with Crippen molar-refractivity contribution in [3.63, 3.8) is 0 Å². The van der Waals surface area contributed by atoms with Gasteiger partial charge in [0.15, 0.2) is 17.3 Å². The number of aliphatic imine (C=N–C) groups is 1. The molecular formula is C22H14N4O4. The van der Waals surface area contributed by atoms with Gasteiger partial charge in [0.05, 0.1) is 17.4 Å². The Balaban J connectivity index is 1.51. The first-order valence-corrected chi connectivity index (χ1v) is 9.09. The molecule has 30 heavy (non-hydrogen) atoms.